The second-order valence-electron chi connectivity index (χ2n) is 21.2. The van der Waals surface area contributed by atoms with Gasteiger partial charge in [0.2, 0.25) is 51.3 Å². The molecule has 436 valence electrons. The lowest BCUT2D eigenvalue weighted by Gasteiger charge is -2.31. The van der Waals surface area contributed by atoms with Crippen molar-refractivity contribution in [3.63, 3.8) is 0 Å². The number of nitrogens with one attached hydrogen (secondary N) is 4. The summed E-state index contributed by atoms with van der Waals surface area (Å²) in [6.45, 7) is 8.84. The number of aryl methyl sites for hydroxylation is 1. The van der Waals surface area contributed by atoms with Crippen molar-refractivity contribution in [2.24, 2.45) is 5.92 Å². The summed E-state index contributed by atoms with van der Waals surface area (Å²) < 4.78 is 47.1. The number of nitrogens with zero attached hydrogens (tertiary/aromatic N) is 6. The fraction of sp³-hybridized carbons (Fsp3) is 0.536. The molecule has 0 aliphatic carbocycles. The first-order chi connectivity index (χ1) is 38.5. The molecule has 4 aromatic rings. The summed E-state index contributed by atoms with van der Waals surface area (Å²) in [5.41, 5.74) is 1.73. The molecule has 5 N–H and O–H groups in total. The van der Waals surface area contributed by atoms with Gasteiger partial charge in [-0.25, -0.2) is 28.2 Å². The van der Waals surface area contributed by atoms with Gasteiger partial charge in [-0.1, -0.05) is 32.6 Å². The van der Waals surface area contributed by atoms with Crippen LogP contribution in [0, 0.1) is 17.8 Å². The lowest BCUT2D eigenvalue weighted by Crippen LogP contribution is -2.56. The van der Waals surface area contributed by atoms with Gasteiger partial charge in [0.25, 0.3) is 5.56 Å². The van der Waals surface area contributed by atoms with Gasteiger partial charge in [-0.15, -0.1) is 0 Å². The molecule has 81 heavy (non-hydrogen) atoms. The third-order valence-corrected chi connectivity index (χ3v) is 15.1. The smallest absolute Gasteiger partial charge is 0.343 e. The number of hydrogen-bond donors (Lipinski definition) is 5. The number of pyridine rings is 2. The molecule has 0 spiro atoms. The summed E-state index contributed by atoms with van der Waals surface area (Å²) in [6, 6.07) is 3.10. The van der Waals surface area contributed by atoms with Crippen molar-refractivity contribution in [2.75, 3.05) is 60.1 Å². The number of unbranched alkanes of at least 4 members (excludes halogenated alkanes) is 2. The molecule has 0 bridgehead atoms. The van der Waals surface area contributed by atoms with E-state index in [9.17, 15) is 47.1 Å². The fourth-order valence-electron chi connectivity index (χ4n) is 9.80. The minimum absolute atomic E-state index is 0.00520. The number of hydrogen-bond acceptors (Lipinski definition) is 18. The molecule has 0 radical (unpaired) electrons. The first-order valence-electron chi connectivity index (χ1n) is 27.1. The van der Waals surface area contributed by atoms with Gasteiger partial charge in [0.15, 0.2) is 17.1 Å². The van der Waals surface area contributed by atoms with E-state index < -0.39 is 57.8 Å². The van der Waals surface area contributed by atoms with E-state index in [1.807, 2.05) is 38.9 Å². The molecular weight excluding hydrogens is 1070 g/mol. The Morgan fingerprint density at radius 3 is 2.31 bits per heavy atom. The maximum absolute atomic E-state index is 14.0. The Balaban J connectivity index is 0.902. The minimum atomic E-state index is -3.55. The van der Waals surface area contributed by atoms with Crippen molar-refractivity contribution >= 4 is 56.2 Å². The van der Waals surface area contributed by atoms with E-state index in [1.54, 1.807) is 42.4 Å². The van der Waals surface area contributed by atoms with E-state index in [-0.39, 0.29) is 98.2 Å². The van der Waals surface area contributed by atoms with Crippen LogP contribution >= 0.6 is 0 Å². The number of sulfone groups is 1. The third kappa shape index (κ3) is 14.9. The largest absolute Gasteiger partial charge is 0.458 e. The number of rotatable bonds is 26. The number of benzene rings is 1. The van der Waals surface area contributed by atoms with Crippen molar-refractivity contribution in [1.29, 1.82) is 0 Å². The van der Waals surface area contributed by atoms with Crippen molar-refractivity contribution in [1.82, 2.24) is 50.6 Å². The summed E-state index contributed by atoms with van der Waals surface area (Å²) in [4.78, 5) is 110. The van der Waals surface area contributed by atoms with Gasteiger partial charge in [-0.3, -0.25) is 28.8 Å². The molecule has 3 aliphatic rings. The lowest BCUT2D eigenvalue weighted by atomic mass is 9.86. The maximum atomic E-state index is 14.0. The summed E-state index contributed by atoms with van der Waals surface area (Å²) in [6.07, 6.45) is 6.92. The molecule has 25 heteroatoms. The molecule has 0 saturated heterocycles. The molecule has 6 heterocycles. The Morgan fingerprint density at radius 1 is 0.901 bits per heavy atom. The summed E-state index contributed by atoms with van der Waals surface area (Å²) in [5, 5.41) is 22.6. The highest BCUT2D eigenvalue weighted by Gasteiger charge is 2.45. The van der Waals surface area contributed by atoms with Crippen LogP contribution in [0.2, 0.25) is 0 Å². The van der Waals surface area contributed by atoms with Crippen LogP contribution in [0.25, 0.3) is 22.3 Å². The standard InChI is InChI=1S/C56H72N10O14S/c1-9-56(74)40-23-43-50-38(28-66(43)53(72)39(40)29-78-54(56)73)36(37-22-44-45(80-32-79-44)24-42(37)61-50)17-15-21-65(34(4)5)48(69)30-77-31-60-47(68)27-57-51(70)41(18-13-14-20-64(6)7)62-52(71)49(33(2)3)63-46(67)19-12-10-11-16-35-25-58-55(59-26-35)81(8,75)76/h22-26,33-34,41,49,74H,9-10,12-15,17-21,27-32H2,1-8H3,(H,57,70)(H,60,68)(H,62,71)(H,63,67)/t41-,49-,56+/m0/s1. The number of amides is 5. The number of ether oxygens (including phenoxy) is 4. The van der Waals surface area contributed by atoms with Crippen LogP contribution in [0.5, 0.6) is 11.5 Å². The second kappa shape index (κ2) is 26.8. The first-order valence-corrected chi connectivity index (χ1v) is 29.0. The highest BCUT2D eigenvalue weighted by Crippen LogP contribution is 2.43. The van der Waals surface area contributed by atoms with Crippen LogP contribution in [0.1, 0.15) is 114 Å². The molecule has 5 amide bonds. The van der Waals surface area contributed by atoms with E-state index in [0.717, 1.165) is 35.7 Å². The van der Waals surface area contributed by atoms with Crippen LogP contribution in [0.3, 0.4) is 0 Å². The molecule has 0 saturated carbocycles. The minimum Gasteiger partial charge on any atom is -0.458 e. The first kappa shape index (κ1) is 61.1. The van der Waals surface area contributed by atoms with E-state index in [4.69, 9.17) is 23.9 Å². The summed E-state index contributed by atoms with van der Waals surface area (Å²) >= 11 is 0. The van der Waals surface area contributed by atoms with Gasteiger partial charge in [0.05, 0.1) is 41.1 Å². The van der Waals surface area contributed by atoms with Crippen LogP contribution < -0.4 is 36.3 Å². The number of fused-ring (bicyclic) bond motifs is 6. The van der Waals surface area contributed by atoms with Gasteiger partial charge in [0, 0.05) is 66.7 Å². The molecule has 7 rings (SSSR count). The zero-order chi connectivity index (χ0) is 58.8. The molecule has 1 aromatic carbocycles. The lowest BCUT2D eigenvalue weighted by molar-refractivity contribution is -0.172. The highest BCUT2D eigenvalue weighted by molar-refractivity contribution is 7.90. The average molecular weight is 1140 g/mol. The van der Waals surface area contributed by atoms with Crippen LogP contribution in [-0.4, -0.2) is 157 Å². The van der Waals surface area contributed by atoms with E-state index in [0.29, 0.717) is 72.6 Å². The van der Waals surface area contributed by atoms with Gasteiger partial charge in [-0.05, 0) is 103 Å². The number of carbonyl (C=O) groups is 6. The van der Waals surface area contributed by atoms with Crippen LogP contribution in [0.15, 0.2) is 40.5 Å². The number of aromatic nitrogens is 4. The zero-order valence-electron chi connectivity index (χ0n) is 47.1. The topological polar surface area (TPSA) is 309 Å². The highest BCUT2D eigenvalue weighted by atomic mass is 32.2. The number of aliphatic hydroxyl groups is 1. The normalized spacial score (nSPS) is 15.7. The molecule has 0 unspecified atom stereocenters. The van der Waals surface area contributed by atoms with Gasteiger partial charge < -0.3 is 59.7 Å². The van der Waals surface area contributed by atoms with Crippen molar-refractivity contribution < 1.29 is 61.2 Å². The van der Waals surface area contributed by atoms with Crippen LogP contribution in [-0.2, 0) is 73.3 Å². The predicted octanol–water partition coefficient (Wildman–Crippen LogP) is 1.96. The van der Waals surface area contributed by atoms with Crippen molar-refractivity contribution in [3.8, 4) is 34.7 Å². The number of carbonyl (C=O) groups excluding carboxylic acids is 6. The number of esters is 1. The molecule has 24 nitrogen and oxygen atoms in total. The Kier molecular flexibility index (Phi) is 20.2. The summed E-state index contributed by atoms with van der Waals surface area (Å²) in [5.74, 6) is 3.18. The van der Waals surface area contributed by atoms with Crippen LogP contribution in [0.4, 0.5) is 0 Å². The van der Waals surface area contributed by atoms with Crippen molar-refractivity contribution in [3.05, 3.63) is 68.8 Å². The average Bonchev–Trinajstić information content (AvgIpc) is 4.29. The Bertz CT molecular complexity index is 3280. The van der Waals surface area contributed by atoms with Gasteiger partial charge in [-0.2, -0.15) is 0 Å². The third-order valence-electron chi connectivity index (χ3n) is 14.2. The summed E-state index contributed by atoms with van der Waals surface area (Å²) in [7, 11) is 0.304. The molecule has 3 aromatic heterocycles. The van der Waals surface area contributed by atoms with Crippen molar-refractivity contribution in [2.45, 2.75) is 134 Å². The Labute approximate surface area is 470 Å². The van der Waals surface area contributed by atoms with E-state index in [2.05, 4.69) is 43.1 Å². The Hall–Kier alpha value is -7.53. The molecule has 3 atom stereocenters. The Morgan fingerprint density at radius 2 is 1.63 bits per heavy atom. The fourth-order valence-corrected chi connectivity index (χ4v) is 10.3. The quantitative estimate of drug-likeness (QED) is 0.0174. The van der Waals surface area contributed by atoms with Gasteiger partial charge >= 0.3 is 5.97 Å². The van der Waals surface area contributed by atoms with Gasteiger partial charge in [0.1, 0.15) is 32.0 Å². The van der Waals surface area contributed by atoms with E-state index in [1.165, 1.54) is 12.4 Å². The maximum Gasteiger partial charge on any atom is 0.343 e. The number of cyclic esters (lactones) is 1. The molecule has 0 fully saturated rings. The van der Waals surface area contributed by atoms with E-state index >= 15 is 0 Å². The zero-order valence-corrected chi connectivity index (χ0v) is 47.9. The molecular formula is C56H72N10O14S. The second-order valence-corrected chi connectivity index (χ2v) is 23.1. The molecule has 3 aliphatic heterocycles. The SMILES string of the molecule is CC[C@]1(O)C(=O)OCc2c1cc1n(c2=O)Cc2c-1nc1cc3c(cc1c2CCCN(C(=O)COCNC(=O)CNC(=O)[C@H](CCCCN(C)C)NC(=O)[C@@H](NC(=O)CCCC#Cc1cnc(S(C)(=O)=O)nc1)C(C)C)C(C)C)OCO3. The predicted molar refractivity (Wildman–Crippen MR) is 295 cm³/mol. The monoisotopic (exact) mass is 1140 g/mol.